The Labute approximate surface area is 121 Å². The third-order valence-corrected chi connectivity index (χ3v) is 3.61. The Kier molecular flexibility index (Phi) is 2.97. The number of nitrogen functional groups attached to an aromatic ring is 1. The molecule has 0 fully saturated rings. The van der Waals surface area contributed by atoms with E-state index < -0.39 is 11.8 Å². The molecule has 0 aliphatic carbocycles. The van der Waals surface area contributed by atoms with E-state index in [1.54, 1.807) is 37.3 Å². The lowest BCUT2D eigenvalue weighted by atomic mass is 10.1. The van der Waals surface area contributed by atoms with Crippen molar-refractivity contribution in [3.8, 4) is 0 Å². The van der Waals surface area contributed by atoms with E-state index in [0.29, 0.717) is 16.7 Å². The van der Waals surface area contributed by atoms with Gasteiger partial charge in [0, 0.05) is 5.69 Å². The van der Waals surface area contributed by atoms with Crippen LogP contribution in [0.25, 0.3) is 0 Å². The molecule has 1 aliphatic rings. The fraction of sp³-hybridized carbons (Fsp3) is 0.125. The molecule has 0 bridgehead atoms. The van der Waals surface area contributed by atoms with Crippen molar-refractivity contribution in [1.29, 1.82) is 0 Å². The van der Waals surface area contributed by atoms with Crippen molar-refractivity contribution in [2.45, 2.75) is 13.5 Å². The number of rotatable bonds is 2. The molecule has 0 saturated carbocycles. The summed E-state index contributed by atoms with van der Waals surface area (Å²) in [5, 5.41) is 0. The summed E-state index contributed by atoms with van der Waals surface area (Å²) >= 11 is 0. The second-order valence-corrected chi connectivity index (χ2v) is 5.05. The molecule has 0 aromatic heterocycles. The first-order valence-electron chi connectivity index (χ1n) is 6.48. The first-order valence-corrected chi connectivity index (χ1v) is 6.48. The molecule has 0 spiro atoms. The highest BCUT2D eigenvalue weighted by Crippen LogP contribution is 2.28. The van der Waals surface area contributed by atoms with Gasteiger partial charge in [-0.1, -0.05) is 18.2 Å². The average molecular weight is 284 g/mol. The number of amides is 2. The second kappa shape index (κ2) is 4.70. The van der Waals surface area contributed by atoms with Gasteiger partial charge in [-0.2, -0.15) is 0 Å². The number of hydrogen-bond donors (Lipinski definition) is 1. The lowest BCUT2D eigenvalue weighted by molar-refractivity contribution is 0.0642. The summed E-state index contributed by atoms with van der Waals surface area (Å²) < 4.78 is 13.6. The summed E-state index contributed by atoms with van der Waals surface area (Å²) in [4.78, 5) is 25.7. The Balaban J connectivity index is 1.95. The van der Waals surface area contributed by atoms with Gasteiger partial charge < -0.3 is 5.73 Å². The largest absolute Gasteiger partial charge is 0.398 e. The van der Waals surface area contributed by atoms with E-state index in [1.165, 1.54) is 6.07 Å². The maximum absolute atomic E-state index is 13.6. The van der Waals surface area contributed by atoms with Crippen molar-refractivity contribution in [3.05, 3.63) is 64.5 Å². The maximum Gasteiger partial charge on any atom is 0.263 e. The minimum absolute atomic E-state index is 0.0307. The summed E-state index contributed by atoms with van der Waals surface area (Å²) in [6, 6.07) is 9.44. The van der Waals surface area contributed by atoms with Crippen molar-refractivity contribution in [1.82, 2.24) is 4.90 Å². The van der Waals surface area contributed by atoms with Gasteiger partial charge in [-0.3, -0.25) is 14.5 Å². The number of nitrogens with zero attached hydrogens (tertiary/aromatic N) is 1. The number of anilines is 1. The highest BCUT2D eigenvalue weighted by atomic mass is 19.1. The first kappa shape index (κ1) is 13.3. The Bertz CT molecular complexity index is 771. The minimum Gasteiger partial charge on any atom is -0.398 e. The Morgan fingerprint density at radius 1 is 1.14 bits per heavy atom. The summed E-state index contributed by atoms with van der Waals surface area (Å²) in [5.74, 6) is -1.19. The van der Waals surface area contributed by atoms with E-state index in [2.05, 4.69) is 0 Å². The Hall–Kier alpha value is -2.69. The molecule has 0 unspecified atom stereocenters. The van der Waals surface area contributed by atoms with Crippen LogP contribution in [0.2, 0.25) is 0 Å². The fourth-order valence-electron chi connectivity index (χ4n) is 2.42. The van der Waals surface area contributed by atoms with E-state index in [4.69, 9.17) is 5.73 Å². The van der Waals surface area contributed by atoms with Crippen molar-refractivity contribution < 1.29 is 14.0 Å². The summed E-state index contributed by atoms with van der Waals surface area (Å²) in [7, 11) is 0. The minimum atomic E-state index is -0.436. The van der Waals surface area contributed by atoms with Gasteiger partial charge in [0.2, 0.25) is 0 Å². The first-order chi connectivity index (χ1) is 9.99. The van der Waals surface area contributed by atoms with Gasteiger partial charge in [0.15, 0.2) is 0 Å². The maximum atomic E-state index is 13.6. The zero-order valence-corrected chi connectivity index (χ0v) is 11.4. The standard InChI is InChI=1S/C16H13FN2O2/c1-9-5-6-10(7-12(9)17)8-19-15(20)11-3-2-4-13(18)14(11)16(19)21/h2-7H,8,18H2,1H3. The molecule has 0 saturated heterocycles. The molecule has 5 heteroatoms. The number of aryl methyl sites for hydroxylation is 1. The zero-order chi connectivity index (χ0) is 15.1. The molecule has 0 atom stereocenters. The lowest BCUT2D eigenvalue weighted by Gasteiger charge is -2.14. The van der Waals surface area contributed by atoms with Crippen LogP contribution in [-0.2, 0) is 6.54 Å². The average Bonchev–Trinajstić information content (AvgIpc) is 2.69. The molecule has 106 valence electrons. The van der Waals surface area contributed by atoms with E-state index >= 15 is 0 Å². The summed E-state index contributed by atoms with van der Waals surface area (Å²) in [6.45, 7) is 1.69. The van der Waals surface area contributed by atoms with E-state index in [-0.39, 0.29) is 23.6 Å². The van der Waals surface area contributed by atoms with Gasteiger partial charge in [-0.25, -0.2) is 4.39 Å². The molecule has 3 rings (SSSR count). The monoisotopic (exact) mass is 284 g/mol. The van der Waals surface area contributed by atoms with Crippen molar-refractivity contribution in [3.63, 3.8) is 0 Å². The molecular weight excluding hydrogens is 271 g/mol. The van der Waals surface area contributed by atoms with Crippen LogP contribution in [0.15, 0.2) is 36.4 Å². The van der Waals surface area contributed by atoms with Gasteiger partial charge in [0.25, 0.3) is 11.8 Å². The van der Waals surface area contributed by atoms with Crippen molar-refractivity contribution in [2.24, 2.45) is 0 Å². The predicted octanol–water partition coefficient (Wildman–Crippen LogP) is 2.51. The van der Waals surface area contributed by atoms with E-state index in [1.807, 2.05) is 0 Å². The second-order valence-electron chi connectivity index (χ2n) is 5.05. The number of hydrogen-bond acceptors (Lipinski definition) is 3. The van der Waals surface area contributed by atoms with Gasteiger partial charge >= 0.3 is 0 Å². The van der Waals surface area contributed by atoms with Crippen LogP contribution in [0.5, 0.6) is 0 Å². The summed E-state index contributed by atoms with van der Waals surface area (Å²) in [6.07, 6.45) is 0. The molecule has 2 aromatic rings. The van der Waals surface area contributed by atoms with Crippen molar-refractivity contribution in [2.75, 3.05) is 5.73 Å². The molecule has 2 aromatic carbocycles. The molecule has 21 heavy (non-hydrogen) atoms. The van der Waals surface area contributed by atoms with Gasteiger partial charge in [-0.05, 0) is 36.2 Å². The van der Waals surface area contributed by atoms with E-state index in [9.17, 15) is 14.0 Å². The number of halogens is 1. The number of benzene rings is 2. The van der Waals surface area contributed by atoms with Crippen LogP contribution in [0, 0.1) is 12.7 Å². The summed E-state index contributed by atoms with van der Waals surface area (Å²) in [5.41, 5.74) is 7.66. The molecule has 0 radical (unpaired) electrons. The normalized spacial score (nSPS) is 13.7. The molecule has 1 heterocycles. The third kappa shape index (κ3) is 2.07. The van der Waals surface area contributed by atoms with Crippen LogP contribution in [0.4, 0.5) is 10.1 Å². The topological polar surface area (TPSA) is 63.4 Å². The lowest BCUT2D eigenvalue weighted by Crippen LogP contribution is -2.29. The molecular formula is C16H13FN2O2. The number of carbonyl (C=O) groups is 2. The fourth-order valence-corrected chi connectivity index (χ4v) is 2.42. The van der Waals surface area contributed by atoms with Crippen LogP contribution in [0.1, 0.15) is 31.8 Å². The number of imide groups is 1. The van der Waals surface area contributed by atoms with Crippen LogP contribution >= 0.6 is 0 Å². The quantitative estimate of drug-likeness (QED) is 0.680. The van der Waals surface area contributed by atoms with E-state index in [0.717, 1.165) is 4.90 Å². The third-order valence-electron chi connectivity index (χ3n) is 3.61. The smallest absolute Gasteiger partial charge is 0.263 e. The number of nitrogens with two attached hydrogens (primary N) is 1. The molecule has 1 aliphatic heterocycles. The Morgan fingerprint density at radius 3 is 2.57 bits per heavy atom. The van der Waals surface area contributed by atoms with Crippen molar-refractivity contribution >= 4 is 17.5 Å². The molecule has 4 nitrogen and oxygen atoms in total. The highest BCUT2D eigenvalue weighted by molar-refractivity contribution is 6.23. The van der Waals surface area contributed by atoms with Crippen LogP contribution < -0.4 is 5.73 Å². The van der Waals surface area contributed by atoms with Gasteiger partial charge in [-0.15, -0.1) is 0 Å². The Morgan fingerprint density at radius 2 is 1.90 bits per heavy atom. The number of carbonyl (C=O) groups excluding carboxylic acids is 2. The SMILES string of the molecule is Cc1ccc(CN2C(=O)c3cccc(N)c3C2=O)cc1F. The number of fused-ring (bicyclic) bond motifs is 1. The van der Waals surface area contributed by atoms with Gasteiger partial charge in [0.1, 0.15) is 5.82 Å². The molecule has 2 amide bonds. The zero-order valence-electron chi connectivity index (χ0n) is 11.4. The van der Waals surface area contributed by atoms with Gasteiger partial charge in [0.05, 0.1) is 17.7 Å². The predicted molar refractivity (Wildman–Crippen MR) is 76.2 cm³/mol. The van der Waals surface area contributed by atoms with Crippen LogP contribution in [-0.4, -0.2) is 16.7 Å². The van der Waals surface area contributed by atoms with Crippen LogP contribution in [0.3, 0.4) is 0 Å². The molecule has 2 N–H and O–H groups in total. The highest BCUT2D eigenvalue weighted by Gasteiger charge is 2.36.